The van der Waals surface area contributed by atoms with E-state index in [1.54, 1.807) is 0 Å². The maximum atomic E-state index is 8.60. The summed E-state index contributed by atoms with van der Waals surface area (Å²) in [5.41, 5.74) is 0. The summed E-state index contributed by atoms with van der Waals surface area (Å²) < 4.78 is 25.8. The first-order chi connectivity index (χ1) is 2.73. The van der Waals surface area contributed by atoms with Gasteiger partial charge in [-0.2, -0.15) is 0 Å². The standard InChI is InChI=1S/CH3.H2O2.3O.Re/c;1-2;;;;/h1H3;1-2H;;;;/q-1;;;;;. The van der Waals surface area contributed by atoms with Gasteiger partial charge in [0, 0.05) is 0 Å². The van der Waals surface area contributed by atoms with E-state index in [9.17, 15) is 0 Å². The van der Waals surface area contributed by atoms with Crippen molar-refractivity contribution in [3.8, 4) is 0 Å². The van der Waals surface area contributed by atoms with Gasteiger partial charge in [-0.15, -0.1) is 0 Å². The minimum atomic E-state index is -4.21. The molecule has 0 aliphatic heterocycles. The van der Waals surface area contributed by atoms with Gasteiger partial charge < -0.3 is 7.43 Å². The van der Waals surface area contributed by atoms with E-state index in [0.717, 1.165) is 0 Å². The Labute approximate surface area is 45.7 Å². The molecule has 0 amide bonds. The Bertz CT molecular complexity index is 77.5. The topological polar surface area (TPSA) is 91.7 Å². The summed E-state index contributed by atoms with van der Waals surface area (Å²) in [6, 6.07) is 0. The molecule has 0 aliphatic rings. The van der Waals surface area contributed by atoms with Crippen molar-refractivity contribution in [1.29, 1.82) is 0 Å². The Morgan fingerprint density at radius 3 is 1.00 bits per heavy atom. The van der Waals surface area contributed by atoms with E-state index in [1.807, 2.05) is 0 Å². The Hall–Kier alpha value is -0.0177. The Morgan fingerprint density at radius 1 is 1.00 bits per heavy atom. The molecule has 0 radical (unpaired) electrons. The summed E-state index contributed by atoms with van der Waals surface area (Å²) in [6.07, 6.45) is 0. The van der Waals surface area contributed by atoms with Crippen molar-refractivity contribution in [3.63, 3.8) is 0 Å². The van der Waals surface area contributed by atoms with Gasteiger partial charge in [0.1, 0.15) is 0 Å². The third-order valence-corrected chi connectivity index (χ3v) is 0. The van der Waals surface area contributed by atoms with Crippen LogP contribution in [0.4, 0.5) is 0 Å². The van der Waals surface area contributed by atoms with Crippen LogP contribution in [0.3, 0.4) is 0 Å². The first-order valence-corrected chi connectivity index (χ1v) is 3.99. The van der Waals surface area contributed by atoms with E-state index in [-0.39, 0.29) is 7.43 Å². The average Bonchev–Trinajstić information content (AvgIpc) is 1.41. The van der Waals surface area contributed by atoms with Gasteiger partial charge in [0.15, 0.2) is 0 Å². The van der Waals surface area contributed by atoms with Crippen molar-refractivity contribution in [2.24, 2.45) is 0 Å². The molecule has 0 heterocycles. The van der Waals surface area contributed by atoms with Crippen LogP contribution in [0.15, 0.2) is 0 Å². The molecular formula is CH5O5Re-. The van der Waals surface area contributed by atoms with E-state index in [4.69, 9.17) is 20.9 Å². The number of hydrogen-bond donors (Lipinski definition) is 2. The van der Waals surface area contributed by atoms with Gasteiger partial charge in [0.2, 0.25) is 0 Å². The van der Waals surface area contributed by atoms with Crippen LogP contribution >= 0.6 is 0 Å². The van der Waals surface area contributed by atoms with E-state index < -0.39 is 16.6 Å². The fraction of sp³-hybridized carbons (Fsp3) is 0. The molecule has 0 saturated carbocycles. The zero-order chi connectivity index (χ0) is 5.58. The summed E-state index contributed by atoms with van der Waals surface area (Å²) in [5, 5.41) is 12.0. The van der Waals surface area contributed by atoms with Crippen molar-refractivity contribution in [1.82, 2.24) is 0 Å². The molecule has 6 heteroatoms. The summed E-state index contributed by atoms with van der Waals surface area (Å²) in [7, 11) is 0. The molecule has 2 N–H and O–H groups in total. The van der Waals surface area contributed by atoms with Gasteiger partial charge in [-0.25, -0.2) is 0 Å². The normalized spacial score (nSPS) is 4.29. The molecule has 0 aliphatic carbocycles. The molecule has 0 aromatic rings. The summed E-state index contributed by atoms with van der Waals surface area (Å²) in [6.45, 7) is 0. The van der Waals surface area contributed by atoms with Crippen molar-refractivity contribution >= 4 is 0 Å². The van der Waals surface area contributed by atoms with Gasteiger partial charge in [-0.3, -0.25) is 10.5 Å². The van der Waals surface area contributed by atoms with Crippen molar-refractivity contribution in [2.75, 3.05) is 0 Å². The second kappa shape index (κ2) is 16.7. The summed E-state index contributed by atoms with van der Waals surface area (Å²) in [5.74, 6) is 0. The maximum absolute atomic E-state index is 8.60. The predicted molar refractivity (Wildman–Crippen MR) is 13.7 cm³/mol. The van der Waals surface area contributed by atoms with Crippen molar-refractivity contribution in [2.45, 2.75) is 0 Å². The van der Waals surface area contributed by atoms with Crippen molar-refractivity contribution in [3.05, 3.63) is 7.43 Å². The Morgan fingerprint density at radius 2 is 1.00 bits per heavy atom. The fourth-order valence-corrected chi connectivity index (χ4v) is 0. The molecular weight excluding hydrogens is 278 g/mol. The fourth-order valence-electron chi connectivity index (χ4n) is 0. The third-order valence-electron chi connectivity index (χ3n) is 0. The molecule has 0 atom stereocenters. The zero-order valence-corrected chi connectivity index (χ0v) is 6.21. The molecule has 47 valence electrons. The van der Waals surface area contributed by atoms with Gasteiger partial charge in [0.25, 0.3) is 0 Å². The van der Waals surface area contributed by atoms with Crippen LogP contribution in [-0.4, -0.2) is 10.5 Å². The minimum absolute atomic E-state index is 0. The Kier molecular flexibility index (Phi) is 37.6. The number of hydrogen-bond acceptors (Lipinski definition) is 5. The van der Waals surface area contributed by atoms with Crippen LogP contribution in [0, 0.1) is 7.43 Å². The first kappa shape index (κ1) is 15.8. The van der Waals surface area contributed by atoms with Gasteiger partial charge in [0.05, 0.1) is 0 Å². The second-order valence-electron chi connectivity index (χ2n) is 0.189. The van der Waals surface area contributed by atoms with Crippen molar-refractivity contribution < 1.29 is 37.6 Å². The molecule has 0 aromatic carbocycles. The molecule has 0 spiro atoms. The molecule has 0 saturated heterocycles. The van der Waals surface area contributed by atoms with Crippen LogP contribution in [0.25, 0.3) is 0 Å². The van der Waals surface area contributed by atoms with Crippen LogP contribution < -0.4 is 0 Å². The van der Waals surface area contributed by atoms with E-state index in [2.05, 4.69) is 0 Å². The molecule has 0 aromatic heterocycles. The molecule has 7 heavy (non-hydrogen) atoms. The Balaban J connectivity index is -0.0000000480. The monoisotopic (exact) mass is 284 g/mol. The predicted octanol–water partition coefficient (Wildman–Crippen LogP) is 0.109. The van der Waals surface area contributed by atoms with Crippen LogP contribution in [0.2, 0.25) is 0 Å². The first-order valence-electron chi connectivity index (χ1n) is 0.663. The van der Waals surface area contributed by atoms with E-state index in [0.29, 0.717) is 0 Å². The van der Waals surface area contributed by atoms with E-state index in [1.165, 1.54) is 0 Å². The molecule has 0 rings (SSSR count). The van der Waals surface area contributed by atoms with Crippen LogP contribution in [-0.2, 0) is 27.0 Å². The zero-order valence-electron chi connectivity index (χ0n) is 3.50. The SMILES string of the molecule is OO.[CH3-].[O]=[Re](=[O])=[O]. The van der Waals surface area contributed by atoms with Crippen LogP contribution in [0.5, 0.6) is 0 Å². The van der Waals surface area contributed by atoms with Gasteiger partial charge in [-0.1, -0.05) is 0 Å². The molecule has 0 bridgehead atoms. The summed E-state index contributed by atoms with van der Waals surface area (Å²) in [4.78, 5) is 0. The van der Waals surface area contributed by atoms with Gasteiger partial charge in [-0.05, 0) is 0 Å². The quantitative estimate of drug-likeness (QED) is 0.374. The average molecular weight is 283 g/mol. The van der Waals surface area contributed by atoms with Crippen LogP contribution in [0.1, 0.15) is 0 Å². The molecule has 5 nitrogen and oxygen atoms in total. The number of rotatable bonds is 0. The van der Waals surface area contributed by atoms with E-state index >= 15 is 0 Å². The second-order valence-corrected chi connectivity index (χ2v) is 1.55. The van der Waals surface area contributed by atoms with Gasteiger partial charge >= 0.3 is 27.0 Å². The molecule has 0 unspecified atom stereocenters. The molecule has 0 fully saturated rings. The third kappa shape index (κ3) is 304000. The summed E-state index contributed by atoms with van der Waals surface area (Å²) >= 11 is -4.21.